The Kier molecular flexibility index (Phi) is 33.6. The minimum Gasteiger partial charge on any atom is -0.394 e. The van der Waals surface area contributed by atoms with Crippen LogP contribution in [0.1, 0.15) is 110 Å². The highest BCUT2D eigenvalue weighted by Crippen LogP contribution is 2.33. The molecular formula is C55H89NO18. The van der Waals surface area contributed by atoms with Gasteiger partial charge in [0.15, 0.2) is 18.9 Å². The van der Waals surface area contributed by atoms with Crippen LogP contribution < -0.4 is 5.32 Å². The van der Waals surface area contributed by atoms with E-state index in [4.69, 9.17) is 28.4 Å². The number of allylic oxidation sites excluding steroid dienone is 15. The van der Waals surface area contributed by atoms with Gasteiger partial charge in [-0.05, 0) is 70.6 Å². The Balaban J connectivity index is 1.42. The maximum atomic E-state index is 13.1. The number of amides is 1. The maximum absolute atomic E-state index is 13.1. The van der Waals surface area contributed by atoms with Gasteiger partial charge in [0.1, 0.15) is 73.2 Å². The molecule has 0 spiro atoms. The van der Waals surface area contributed by atoms with Crippen LogP contribution in [-0.2, 0) is 33.2 Å². The van der Waals surface area contributed by atoms with Crippen molar-refractivity contribution < 1.29 is 89.4 Å². The summed E-state index contributed by atoms with van der Waals surface area (Å²) in [5.74, 6) is -0.324. The molecule has 1 amide bonds. The van der Waals surface area contributed by atoms with Gasteiger partial charge in [0.2, 0.25) is 5.91 Å². The molecule has 3 heterocycles. The van der Waals surface area contributed by atoms with Gasteiger partial charge in [-0.15, -0.1) is 0 Å². The van der Waals surface area contributed by atoms with Crippen molar-refractivity contribution in [2.45, 2.75) is 214 Å². The zero-order valence-electron chi connectivity index (χ0n) is 43.3. The Labute approximate surface area is 437 Å². The molecule has 12 N–H and O–H groups in total. The number of unbranched alkanes of at least 4 members (excludes halogenated alkanes) is 5. The summed E-state index contributed by atoms with van der Waals surface area (Å²) in [5, 5.41) is 119. The Morgan fingerprint density at radius 2 is 0.932 bits per heavy atom. The molecule has 74 heavy (non-hydrogen) atoms. The average Bonchev–Trinajstić information content (AvgIpc) is 3.40. The maximum Gasteiger partial charge on any atom is 0.220 e. The fraction of sp³-hybridized carbons (Fsp3) is 0.691. The van der Waals surface area contributed by atoms with Gasteiger partial charge in [-0.2, -0.15) is 0 Å². The number of aliphatic hydroxyl groups excluding tert-OH is 11. The third-order valence-electron chi connectivity index (χ3n) is 12.6. The normalized spacial score (nSPS) is 32.3. The summed E-state index contributed by atoms with van der Waals surface area (Å²) in [6.07, 6.45) is 19.3. The molecule has 0 aromatic carbocycles. The Morgan fingerprint density at radius 1 is 0.500 bits per heavy atom. The average molecular weight is 1050 g/mol. The molecule has 3 aliphatic rings. The van der Waals surface area contributed by atoms with Crippen molar-refractivity contribution in [3.8, 4) is 0 Å². The zero-order chi connectivity index (χ0) is 54.1. The van der Waals surface area contributed by atoms with Crippen molar-refractivity contribution in [2.24, 2.45) is 0 Å². The van der Waals surface area contributed by atoms with E-state index in [9.17, 15) is 61.0 Å². The fourth-order valence-electron chi connectivity index (χ4n) is 8.21. The Morgan fingerprint density at radius 3 is 1.42 bits per heavy atom. The predicted molar refractivity (Wildman–Crippen MR) is 277 cm³/mol. The molecule has 0 aliphatic carbocycles. The smallest absolute Gasteiger partial charge is 0.220 e. The minimum atomic E-state index is -1.98. The quantitative estimate of drug-likeness (QED) is 0.0321. The highest BCUT2D eigenvalue weighted by molar-refractivity contribution is 5.76. The van der Waals surface area contributed by atoms with E-state index in [1.807, 2.05) is 6.92 Å². The number of rotatable bonds is 35. The van der Waals surface area contributed by atoms with Crippen LogP contribution in [0.5, 0.6) is 0 Å². The number of carbonyl (C=O) groups excluding carboxylic acids is 1. The minimum absolute atomic E-state index is 0.194. The van der Waals surface area contributed by atoms with Gasteiger partial charge < -0.3 is 89.9 Å². The molecule has 3 aliphatic heterocycles. The molecule has 0 bridgehead atoms. The summed E-state index contributed by atoms with van der Waals surface area (Å²) >= 11 is 0. The van der Waals surface area contributed by atoms with E-state index < -0.39 is 124 Å². The van der Waals surface area contributed by atoms with Gasteiger partial charge in [-0.25, -0.2) is 0 Å². The van der Waals surface area contributed by atoms with Gasteiger partial charge in [-0.1, -0.05) is 130 Å². The zero-order valence-corrected chi connectivity index (χ0v) is 43.3. The van der Waals surface area contributed by atoms with Crippen molar-refractivity contribution in [1.82, 2.24) is 5.32 Å². The molecule has 19 heteroatoms. The highest BCUT2D eigenvalue weighted by atomic mass is 16.8. The molecule has 3 saturated heterocycles. The third-order valence-corrected chi connectivity index (χ3v) is 12.6. The van der Waals surface area contributed by atoms with E-state index in [1.165, 1.54) is 0 Å². The molecule has 0 aromatic heterocycles. The highest BCUT2D eigenvalue weighted by Gasteiger charge is 2.53. The van der Waals surface area contributed by atoms with Crippen LogP contribution in [0.2, 0.25) is 0 Å². The fourth-order valence-corrected chi connectivity index (χ4v) is 8.21. The van der Waals surface area contributed by atoms with Crippen molar-refractivity contribution >= 4 is 5.91 Å². The lowest BCUT2D eigenvalue weighted by Gasteiger charge is -2.48. The van der Waals surface area contributed by atoms with Crippen LogP contribution in [0.25, 0.3) is 0 Å². The van der Waals surface area contributed by atoms with Crippen molar-refractivity contribution in [1.29, 1.82) is 0 Å². The molecule has 3 fully saturated rings. The third kappa shape index (κ3) is 23.1. The van der Waals surface area contributed by atoms with E-state index in [1.54, 1.807) is 12.2 Å². The van der Waals surface area contributed by atoms with Crippen LogP contribution >= 0.6 is 0 Å². The second kappa shape index (κ2) is 38.3. The molecule has 17 unspecified atom stereocenters. The second-order valence-electron chi connectivity index (χ2n) is 18.6. The molecule has 422 valence electrons. The Hall–Kier alpha value is -3.29. The molecule has 19 nitrogen and oxygen atoms in total. The van der Waals surface area contributed by atoms with E-state index in [0.717, 1.165) is 77.0 Å². The molecule has 0 radical (unpaired) electrons. The van der Waals surface area contributed by atoms with E-state index in [0.29, 0.717) is 12.8 Å². The first-order chi connectivity index (χ1) is 35.8. The molecule has 0 aromatic rings. The number of hydrogen-bond acceptors (Lipinski definition) is 18. The van der Waals surface area contributed by atoms with Crippen LogP contribution in [0.3, 0.4) is 0 Å². The molecular weight excluding hydrogens is 963 g/mol. The van der Waals surface area contributed by atoms with Gasteiger partial charge in [0, 0.05) is 6.42 Å². The van der Waals surface area contributed by atoms with Gasteiger partial charge in [-0.3, -0.25) is 4.79 Å². The predicted octanol–water partition coefficient (Wildman–Crippen LogP) is 2.64. The first-order valence-corrected chi connectivity index (χ1v) is 26.5. The SMILES string of the molecule is CC/C=C\C/C=C\C/C=C\C/C=C\C/C=C\C/C=C\C/C=C\CCCCCC(=O)NC(COC1OC(CO)C(OC2OC(CO)C(OC3OC(CO)C(O)C(O)C3O)C(O)C2O)C(O)C1O)C(O)/C=C/CCCC. The van der Waals surface area contributed by atoms with Crippen LogP contribution in [0, 0.1) is 0 Å². The van der Waals surface area contributed by atoms with Crippen LogP contribution in [0.15, 0.2) is 97.2 Å². The van der Waals surface area contributed by atoms with Gasteiger partial charge >= 0.3 is 0 Å². The number of aliphatic hydroxyl groups is 11. The lowest BCUT2D eigenvalue weighted by molar-refractivity contribution is -0.379. The number of hydrogen-bond donors (Lipinski definition) is 12. The van der Waals surface area contributed by atoms with E-state index in [2.05, 4.69) is 97.3 Å². The van der Waals surface area contributed by atoms with Gasteiger partial charge in [0.25, 0.3) is 0 Å². The van der Waals surface area contributed by atoms with E-state index in [-0.39, 0.29) is 18.9 Å². The standard InChI is InChI=1S/C55H89NO18/c1-3-5-7-9-10-11-12-13-14-15-16-17-18-19-20-21-22-23-24-25-26-27-28-29-31-33-43(61)56-38(39(60)32-30-8-6-4-2)37-69-53-49(67)46(64)51(41(35-58)71-53)74-55-50(68)47(65)52(42(36-59)72-55)73-54-48(66)45(63)44(62)40(34-57)70-54/h5,7,10-11,13-14,16-17,19-20,22-23,25-26,30,32,38-42,44-55,57-60,62-68H,3-4,6,8-9,12,15,18,21,24,27-29,31,33-37H2,1-2H3,(H,56,61)/b7-5-,11-10-,14-13-,17-16-,20-19-,23-22-,26-25-,32-30+. The van der Waals surface area contributed by atoms with Crippen LogP contribution in [0.4, 0.5) is 0 Å². The lowest BCUT2D eigenvalue weighted by atomic mass is 9.96. The molecule has 0 saturated carbocycles. The summed E-state index contributed by atoms with van der Waals surface area (Å²) < 4.78 is 33.9. The largest absolute Gasteiger partial charge is 0.394 e. The van der Waals surface area contributed by atoms with Crippen molar-refractivity contribution in [3.05, 3.63) is 97.2 Å². The van der Waals surface area contributed by atoms with Gasteiger partial charge in [0.05, 0.1) is 38.6 Å². The number of ether oxygens (including phenoxy) is 6. The molecule has 3 rings (SSSR count). The summed E-state index contributed by atoms with van der Waals surface area (Å²) in [6, 6.07) is -0.993. The first-order valence-electron chi connectivity index (χ1n) is 26.5. The summed E-state index contributed by atoms with van der Waals surface area (Å²) in [5.41, 5.74) is 0. The van der Waals surface area contributed by atoms with Crippen LogP contribution in [-0.4, -0.2) is 193 Å². The Bertz CT molecular complexity index is 1730. The second-order valence-corrected chi connectivity index (χ2v) is 18.6. The van der Waals surface area contributed by atoms with E-state index >= 15 is 0 Å². The summed E-state index contributed by atoms with van der Waals surface area (Å²) in [7, 11) is 0. The van der Waals surface area contributed by atoms with Crippen molar-refractivity contribution in [2.75, 3.05) is 26.4 Å². The van der Waals surface area contributed by atoms with Crippen molar-refractivity contribution in [3.63, 3.8) is 0 Å². The molecule has 17 atom stereocenters. The monoisotopic (exact) mass is 1050 g/mol. The number of carbonyl (C=O) groups is 1. The number of nitrogens with one attached hydrogen (secondary N) is 1. The lowest BCUT2D eigenvalue weighted by Crippen LogP contribution is -2.66. The topological polar surface area (TPSA) is 307 Å². The summed E-state index contributed by atoms with van der Waals surface area (Å²) in [4.78, 5) is 13.1. The first kappa shape index (κ1) is 65.0. The summed E-state index contributed by atoms with van der Waals surface area (Å²) in [6.45, 7) is 1.35.